The fraction of sp³-hybridized carbons (Fsp3) is 0.538. The molecule has 0 aliphatic rings. The molecule has 0 fully saturated rings. The summed E-state index contributed by atoms with van der Waals surface area (Å²) in [5.74, 6) is -0.179. The molecule has 0 spiro atoms. The van der Waals surface area contributed by atoms with Gasteiger partial charge in [-0.1, -0.05) is 13.8 Å². The highest BCUT2D eigenvalue weighted by Gasteiger charge is 2.35. The van der Waals surface area contributed by atoms with Gasteiger partial charge in [-0.2, -0.15) is 0 Å². The summed E-state index contributed by atoms with van der Waals surface area (Å²) in [4.78, 5) is 21.3. The third kappa shape index (κ3) is 3.04. The molecule has 1 rings (SSSR count). The van der Waals surface area contributed by atoms with Crippen molar-refractivity contribution in [2.45, 2.75) is 46.6 Å². The van der Waals surface area contributed by atoms with Gasteiger partial charge in [-0.15, -0.1) is 0 Å². The van der Waals surface area contributed by atoms with E-state index in [1.165, 1.54) is 0 Å². The average molecular weight is 296 g/mol. The summed E-state index contributed by atoms with van der Waals surface area (Å²) in [7, 11) is 0. The molecule has 0 amide bonds. The van der Waals surface area contributed by atoms with Crippen LogP contribution in [-0.4, -0.2) is 15.9 Å². The Morgan fingerprint density at radius 1 is 1.05 bits per heavy atom. The molecule has 0 aliphatic carbocycles. The Bertz CT molecular complexity index is 597. The Morgan fingerprint density at radius 2 is 1.52 bits per heavy atom. The highest BCUT2D eigenvalue weighted by molar-refractivity contribution is 5.87. The van der Waals surface area contributed by atoms with Gasteiger partial charge >= 0.3 is 11.4 Å². The number of nitrogen functional groups attached to an aromatic ring is 1. The van der Waals surface area contributed by atoms with Gasteiger partial charge < -0.3 is 11.1 Å². The molecule has 21 heavy (non-hydrogen) atoms. The van der Waals surface area contributed by atoms with Crippen LogP contribution in [0.15, 0.2) is 0 Å². The van der Waals surface area contributed by atoms with E-state index in [-0.39, 0.29) is 23.3 Å². The number of benzene rings is 1. The lowest BCUT2D eigenvalue weighted by Gasteiger charge is -2.19. The van der Waals surface area contributed by atoms with E-state index >= 15 is 0 Å². The summed E-state index contributed by atoms with van der Waals surface area (Å²) in [6, 6.07) is -0.0664. The minimum atomic E-state index is -0.676. The first-order valence-corrected chi connectivity index (χ1v) is 6.60. The first-order chi connectivity index (χ1) is 9.59. The first-order valence-electron chi connectivity index (χ1n) is 6.60. The fourth-order valence-corrected chi connectivity index (χ4v) is 2.44. The van der Waals surface area contributed by atoms with Crippen molar-refractivity contribution in [3.8, 4) is 0 Å². The van der Waals surface area contributed by atoms with E-state index < -0.39 is 21.2 Å². The van der Waals surface area contributed by atoms with Gasteiger partial charge in [0.05, 0.1) is 9.85 Å². The van der Waals surface area contributed by atoms with Crippen LogP contribution < -0.4 is 11.1 Å². The van der Waals surface area contributed by atoms with Crippen LogP contribution in [-0.2, 0) is 0 Å². The summed E-state index contributed by atoms with van der Waals surface area (Å²) < 4.78 is 0. The highest BCUT2D eigenvalue weighted by atomic mass is 16.6. The molecule has 116 valence electrons. The Kier molecular flexibility index (Phi) is 4.72. The van der Waals surface area contributed by atoms with Crippen LogP contribution in [0.4, 0.5) is 22.7 Å². The number of rotatable bonds is 5. The zero-order chi connectivity index (χ0) is 16.5. The van der Waals surface area contributed by atoms with Gasteiger partial charge in [-0.3, -0.25) is 20.2 Å². The number of hydrogen-bond acceptors (Lipinski definition) is 6. The lowest BCUT2D eigenvalue weighted by atomic mass is 9.92. The molecule has 1 aromatic rings. The number of nitro benzene ring substituents is 2. The van der Waals surface area contributed by atoms with Crippen LogP contribution in [0.3, 0.4) is 0 Å². The second-order valence-corrected chi connectivity index (χ2v) is 5.49. The molecular weight excluding hydrogens is 276 g/mol. The number of nitro groups is 2. The fourth-order valence-electron chi connectivity index (χ4n) is 2.44. The predicted octanol–water partition coefficient (Wildman–Crippen LogP) is 3.34. The molecule has 0 heterocycles. The summed E-state index contributed by atoms with van der Waals surface area (Å²) in [6.07, 6.45) is 0. The highest BCUT2D eigenvalue weighted by Crippen LogP contribution is 2.46. The normalized spacial score (nSPS) is 11.0. The zero-order valence-corrected chi connectivity index (χ0v) is 12.8. The van der Waals surface area contributed by atoms with Gasteiger partial charge in [0, 0.05) is 11.6 Å². The SMILES string of the molecule is Cc1c(NC(C)C)c([N+](=O)[O-])c(N)c([N+](=O)[O-])c1C(C)C. The minimum absolute atomic E-state index is 0.0664. The van der Waals surface area contributed by atoms with Gasteiger partial charge in [-0.05, 0) is 32.3 Å². The molecule has 0 unspecified atom stereocenters. The van der Waals surface area contributed by atoms with Crippen molar-refractivity contribution in [1.29, 1.82) is 0 Å². The number of nitrogens with two attached hydrogens (primary N) is 1. The molecule has 1 aromatic carbocycles. The van der Waals surface area contributed by atoms with Crippen molar-refractivity contribution in [2.24, 2.45) is 0 Å². The van der Waals surface area contributed by atoms with Crippen molar-refractivity contribution < 1.29 is 9.85 Å². The lowest BCUT2D eigenvalue weighted by molar-refractivity contribution is -0.392. The largest absolute Gasteiger partial charge is 0.387 e. The van der Waals surface area contributed by atoms with Crippen LogP contribution >= 0.6 is 0 Å². The Balaban J connectivity index is 3.88. The van der Waals surface area contributed by atoms with Crippen LogP contribution in [0.2, 0.25) is 0 Å². The molecule has 0 aliphatic heterocycles. The monoisotopic (exact) mass is 296 g/mol. The number of anilines is 2. The minimum Gasteiger partial charge on any atom is -0.387 e. The van der Waals surface area contributed by atoms with Gasteiger partial charge in [-0.25, -0.2) is 0 Å². The topological polar surface area (TPSA) is 124 Å². The average Bonchev–Trinajstić information content (AvgIpc) is 2.30. The van der Waals surface area contributed by atoms with Crippen molar-refractivity contribution in [3.63, 3.8) is 0 Å². The molecular formula is C13H20N4O4. The molecule has 0 saturated carbocycles. The number of hydrogen-bond donors (Lipinski definition) is 2. The maximum atomic E-state index is 11.3. The third-order valence-corrected chi connectivity index (χ3v) is 3.16. The molecule has 3 N–H and O–H groups in total. The molecule has 0 radical (unpaired) electrons. The van der Waals surface area contributed by atoms with E-state index in [0.717, 1.165) is 0 Å². The second-order valence-electron chi connectivity index (χ2n) is 5.49. The van der Waals surface area contributed by atoms with E-state index in [9.17, 15) is 20.2 Å². The van der Waals surface area contributed by atoms with Crippen LogP contribution in [0.5, 0.6) is 0 Å². The van der Waals surface area contributed by atoms with Crippen molar-refractivity contribution in [1.82, 2.24) is 0 Å². The van der Waals surface area contributed by atoms with Crippen molar-refractivity contribution in [3.05, 3.63) is 31.4 Å². The number of nitrogens with one attached hydrogen (secondary N) is 1. The van der Waals surface area contributed by atoms with Gasteiger partial charge in [0.25, 0.3) is 0 Å². The smallest absolute Gasteiger partial charge is 0.322 e. The van der Waals surface area contributed by atoms with Gasteiger partial charge in [0.1, 0.15) is 5.69 Å². The standard InChI is InChI=1S/C13H20N4O4/c1-6(2)9-8(5)11(15-7(3)4)13(17(20)21)10(14)12(9)16(18)19/h6-7,15H,14H2,1-5H3. The Hall–Kier alpha value is -2.38. The van der Waals surface area contributed by atoms with Gasteiger partial charge in [0.2, 0.25) is 0 Å². The molecule has 0 saturated heterocycles. The van der Waals surface area contributed by atoms with Crippen LogP contribution in [0.25, 0.3) is 0 Å². The van der Waals surface area contributed by atoms with E-state index in [0.29, 0.717) is 11.1 Å². The summed E-state index contributed by atoms with van der Waals surface area (Å²) in [5, 5.41) is 25.6. The molecule has 0 aromatic heterocycles. The van der Waals surface area contributed by atoms with Crippen molar-refractivity contribution >= 4 is 22.7 Å². The lowest BCUT2D eigenvalue weighted by Crippen LogP contribution is -2.16. The van der Waals surface area contributed by atoms with E-state index in [4.69, 9.17) is 5.73 Å². The van der Waals surface area contributed by atoms with E-state index in [1.54, 1.807) is 20.8 Å². The Morgan fingerprint density at radius 3 is 1.86 bits per heavy atom. The molecule has 8 heteroatoms. The predicted molar refractivity (Wildman–Crippen MR) is 81.7 cm³/mol. The number of nitrogens with zero attached hydrogens (tertiary/aromatic N) is 2. The van der Waals surface area contributed by atoms with Crippen molar-refractivity contribution in [2.75, 3.05) is 11.1 Å². The zero-order valence-electron chi connectivity index (χ0n) is 12.8. The molecule has 8 nitrogen and oxygen atoms in total. The molecule has 0 atom stereocenters. The third-order valence-electron chi connectivity index (χ3n) is 3.16. The first kappa shape index (κ1) is 16.7. The maximum absolute atomic E-state index is 11.3. The van der Waals surface area contributed by atoms with E-state index in [2.05, 4.69) is 5.32 Å². The van der Waals surface area contributed by atoms with Crippen LogP contribution in [0, 0.1) is 27.2 Å². The van der Waals surface area contributed by atoms with E-state index in [1.807, 2.05) is 13.8 Å². The second kappa shape index (κ2) is 5.94. The summed E-state index contributed by atoms with van der Waals surface area (Å²) in [6.45, 7) is 8.88. The summed E-state index contributed by atoms with van der Waals surface area (Å²) in [5.41, 5.74) is 5.71. The quantitative estimate of drug-likeness (QED) is 0.487. The maximum Gasteiger partial charge on any atom is 0.322 e. The van der Waals surface area contributed by atoms with Crippen LogP contribution in [0.1, 0.15) is 44.7 Å². The van der Waals surface area contributed by atoms with Gasteiger partial charge in [0.15, 0.2) is 5.69 Å². The summed E-state index contributed by atoms with van der Waals surface area (Å²) >= 11 is 0. The Labute approximate surface area is 122 Å². The molecule has 0 bridgehead atoms.